The highest BCUT2D eigenvalue weighted by atomic mass is 16.3. The van der Waals surface area contributed by atoms with E-state index in [1.54, 1.807) is 12.1 Å². The normalized spacial score (nSPS) is 14.8. The Kier molecular flexibility index (Phi) is 3.01. The number of rotatable bonds is 2. The van der Waals surface area contributed by atoms with Gasteiger partial charge < -0.3 is 15.4 Å². The van der Waals surface area contributed by atoms with Crippen molar-refractivity contribution in [2.45, 2.75) is 0 Å². The quantitative estimate of drug-likeness (QED) is 0.629. The number of benzene rings is 2. The predicted molar refractivity (Wildman–Crippen MR) is 90.8 cm³/mol. The van der Waals surface area contributed by atoms with E-state index in [0.717, 1.165) is 28.1 Å². The number of aromatic hydroxyl groups is 1. The number of anilines is 1. The summed E-state index contributed by atoms with van der Waals surface area (Å²) in [5.74, 6) is 0.136. The number of carbonyl (C=O) groups excluding carboxylic acids is 1. The van der Waals surface area contributed by atoms with Gasteiger partial charge in [-0.15, -0.1) is 0 Å². The summed E-state index contributed by atoms with van der Waals surface area (Å²) in [6, 6.07) is 16.7. The fourth-order valence-corrected chi connectivity index (χ4v) is 2.76. The first-order valence-electron chi connectivity index (χ1n) is 7.31. The van der Waals surface area contributed by atoms with Crippen LogP contribution in [-0.4, -0.2) is 16.0 Å². The molecule has 0 radical (unpaired) electrons. The van der Waals surface area contributed by atoms with Gasteiger partial charge in [0.05, 0.1) is 5.57 Å². The summed E-state index contributed by atoms with van der Waals surface area (Å²) >= 11 is 0. The molecule has 1 amide bonds. The standard InChI is InChI=1S/C19H14N2O2/c22-15-6-3-12(4-7-15)13-5-8-16-17(11-14-2-1-9-20-14)19(23)21-18(16)10-13/h1-11,20,22H,(H,21,23)/b17-11-. The fourth-order valence-electron chi connectivity index (χ4n) is 2.76. The van der Waals surface area contributed by atoms with Crippen LogP contribution in [0.1, 0.15) is 11.3 Å². The van der Waals surface area contributed by atoms with E-state index in [1.165, 1.54) is 0 Å². The third-order valence-corrected chi connectivity index (χ3v) is 3.93. The van der Waals surface area contributed by atoms with Gasteiger partial charge >= 0.3 is 0 Å². The Morgan fingerprint density at radius 2 is 1.74 bits per heavy atom. The molecule has 0 bridgehead atoms. The summed E-state index contributed by atoms with van der Waals surface area (Å²) in [5, 5.41) is 12.3. The van der Waals surface area contributed by atoms with E-state index in [2.05, 4.69) is 10.3 Å². The van der Waals surface area contributed by atoms with Gasteiger partial charge in [0.2, 0.25) is 0 Å². The molecular formula is C19H14N2O2. The Hall–Kier alpha value is -3.27. The summed E-state index contributed by atoms with van der Waals surface area (Å²) in [4.78, 5) is 15.3. The molecular weight excluding hydrogens is 288 g/mol. The SMILES string of the molecule is O=C1Nc2cc(-c3ccc(O)cc3)ccc2/C1=C/c1ccc[nH]1. The Morgan fingerprint density at radius 1 is 0.957 bits per heavy atom. The molecule has 1 aliphatic heterocycles. The predicted octanol–water partition coefficient (Wildman–Crippen LogP) is 3.88. The molecule has 23 heavy (non-hydrogen) atoms. The van der Waals surface area contributed by atoms with Crippen molar-refractivity contribution in [3.05, 3.63) is 72.1 Å². The maximum absolute atomic E-state index is 12.2. The number of aromatic amines is 1. The zero-order chi connectivity index (χ0) is 15.8. The van der Waals surface area contributed by atoms with E-state index in [9.17, 15) is 9.90 Å². The molecule has 3 N–H and O–H groups in total. The van der Waals surface area contributed by atoms with Gasteiger partial charge in [-0.2, -0.15) is 0 Å². The molecule has 4 heteroatoms. The minimum absolute atomic E-state index is 0.0996. The topological polar surface area (TPSA) is 65.1 Å². The Labute approximate surface area is 133 Å². The van der Waals surface area contributed by atoms with Gasteiger partial charge in [0.15, 0.2) is 0 Å². The fraction of sp³-hybridized carbons (Fsp3) is 0. The lowest BCUT2D eigenvalue weighted by atomic mass is 10.00. The van der Waals surface area contributed by atoms with Crippen LogP contribution in [0, 0.1) is 0 Å². The van der Waals surface area contributed by atoms with Crippen LogP contribution in [0.3, 0.4) is 0 Å². The highest BCUT2D eigenvalue weighted by molar-refractivity contribution is 6.35. The van der Waals surface area contributed by atoms with Crippen molar-refractivity contribution in [3.63, 3.8) is 0 Å². The summed E-state index contributed by atoms with van der Waals surface area (Å²) in [6.07, 6.45) is 3.68. The van der Waals surface area contributed by atoms with E-state index < -0.39 is 0 Å². The van der Waals surface area contributed by atoms with Crippen molar-refractivity contribution < 1.29 is 9.90 Å². The van der Waals surface area contributed by atoms with E-state index in [-0.39, 0.29) is 11.7 Å². The smallest absolute Gasteiger partial charge is 0.256 e. The van der Waals surface area contributed by atoms with E-state index in [0.29, 0.717) is 5.57 Å². The summed E-state index contributed by atoms with van der Waals surface area (Å²) in [6.45, 7) is 0. The molecule has 0 atom stereocenters. The minimum Gasteiger partial charge on any atom is -0.508 e. The summed E-state index contributed by atoms with van der Waals surface area (Å²) in [7, 11) is 0. The number of aromatic nitrogens is 1. The van der Waals surface area contributed by atoms with Crippen molar-refractivity contribution in [2.75, 3.05) is 5.32 Å². The van der Waals surface area contributed by atoms with Gasteiger partial charge in [-0.1, -0.05) is 24.3 Å². The number of fused-ring (bicyclic) bond motifs is 1. The average Bonchev–Trinajstić information content (AvgIpc) is 3.16. The highest BCUT2D eigenvalue weighted by Crippen LogP contribution is 2.36. The van der Waals surface area contributed by atoms with E-state index in [1.807, 2.05) is 54.7 Å². The Morgan fingerprint density at radius 3 is 2.48 bits per heavy atom. The largest absolute Gasteiger partial charge is 0.508 e. The van der Waals surface area contributed by atoms with E-state index >= 15 is 0 Å². The zero-order valence-electron chi connectivity index (χ0n) is 12.2. The van der Waals surface area contributed by atoms with Crippen LogP contribution < -0.4 is 5.32 Å². The number of hydrogen-bond acceptors (Lipinski definition) is 2. The third-order valence-electron chi connectivity index (χ3n) is 3.93. The third kappa shape index (κ3) is 2.40. The lowest BCUT2D eigenvalue weighted by molar-refractivity contribution is -0.110. The molecule has 0 unspecified atom stereocenters. The van der Waals surface area contributed by atoms with Gasteiger partial charge in [-0.05, 0) is 47.5 Å². The molecule has 2 heterocycles. The molecule has 0 spiro atoms. The highest BCUT2D eigenvalue weighted by Gasteiger charge is 2.24. The Balaban J connectivity index is 1.75. The van der Waals surface area contributed by atoms with Gasteiger partial charge in [0.1, 0.15) is 5.75 Å². The van der Waals surface area contributed by atoms with Crippen molar-refractivity contribution in [2.24, 2.45) is 0 Å². The van der Waals surface area contributed by atoms with E-state index in [4.69, 9.17) is 0 Å². The maximum atomic E-state index is 12.2. The van der Waals surface area contributed by atoms with Crippen LogP contribution in [-0.2, 0) is 4.79 Å². The lowest BCUT2D eigenvalue weighted by Gasteiger charge is -2.05. The molecule has 0 saturated heterocycles. The number of nitrogens with one attached hydrogen (secondary N) is 2. The molecule has 3 aromatic rings. The monoisotopic (exact) mass is 302 g/mol. The van der Waals surface area contributed by atoms with Gasteiger partial charge in [-0.25, -0.2) is 0 Å². The second kappa shape index (κ2) is 5.18. The molecule has 4 rings (SSSR count). The molecule has 1 aromatic heterocycles. The zero-order valence-corrected chi connectivity index (χ0v) is 12.2. The number of H-pyrrole nitrogens is 1. The lowest BCUT2D eigenvalue weighted by Crippen LogP contribution is -2.03. The Bertz CT molecular complexity index is 907. The summed E-state index contributed by atoms with van der Waals surface area (Å²) < 4.78 is 0. The molecule has 112 valence electrons. The molecule has 0 aliphatic carbocycles. The molecule has 4 nitrogen and oxygen atoms in total. The first kappa shape index (κ1) is 13.4. The number of phenols is 1. The summed E-state index contributed by atoms with van der Waals surface area (Å²) in [5.41, 5.74) is 5.22. The molecule has 1 aliphatic rings. The van der Waals surface area contributed by atoms with Crippen LogP contribution >= 0.6 is 0 Å². The molecule has 2 aromatic carbocycles. The number of amides is 1. The van der Waals surface area contributed by atoms with Crippen LogP contribution in [0.4, 0.5) is 5.69 Å². The molecule has 0 saturated carbocycles. The van der Waals surface area contributed by atoms with Crippen LogP contribution in [0.25, 0.3) is 22.8 Å². The van der Waals surface area contributed by atoms with Gasteiger partial charge in [0.25, 0.3) is 5.91 Å². The van der Waals surface area contributed by atoms with Crippen LogP contribution in [0.5, 0.6) is 5.75 Å². The number of carbonyl (C=O) groups is 1. The van der Waals surface area contributed by atoms with Crippen molar-refractivity contribution in [1.82, 2.24) is 4.98 Å². The second-order valence-electron chi connectivity index (χ2n) is 5.44. The van der Waals surface area contributed by atoms with Crippen molar-refractivity contribution >= 4 is 23.2 Å². The van der Waals surface area contributed by atoms with Crippen LogP contribution in [0.15, 0.2) is 60.8 Å². The van der Waals surface area contributed by atoms with Gasteiger partial charge in [-0.3, -0.25) is 4.79 Å². The molecule has 0 fully saturated rings. The maximum Gasteiger partial charge on any atom is 0.256 e. The second-order valence-corrected chi connectivity index (χ2v) is 5.44. The average molecular weight is 302 g/mol. The van der Waals surface area contributed by atoms with Crippen molar-refractivity contribution in [3.8, 4) is 16.9 Å². The first-order chi connectivity index (χ1) is 11.2. The first-order valence-corrected chi connectivity index (χ1v) is 7.31. The number of hydrogen-bond donors (Lipinski definition) is 3. The van der Waals surface area contributed by atoms with Crippen molar-refractivity contribution in [1.29, 1.82) is 0 Å². The minimum atomic E-state index is -0.0996. The van der Waals surface area contributed by atoms with Crippen LogP contribution in [0.2, 0.25) is 0 Å². The number of phenolic OH excluding ortho intramolecular Hbond substituents is 1. The van der Waals surface area contributed by atoms with Gasteiger partial charge in [0, 0.05) is 23.1 Å².